The van der Waals surface area contributed by atoms with Gasteiger partial charge in [0.25, 0.3) is 0 Å². The van der Waals surface area contributed by atoms with Crippen LogP contribution in [0.25, 0.3) is 0 Å². The minimum Gasteiger partial charge on any atom is -0.391 e. The molecule has 0 saturated heterocycles. The van der Waals surface area contributed by atoms with Gasteiger partial charge in [0.15, 0.2) is 0 Å². The molecule has 0 aliphatic heterocycles. The van der Waals surface area contributed by atoms with Gasteiger partial charge in [-0.15, -0.1) is 0 Å². The summed E-state index contributed by atoms with van der Waals surface area (Å²) >= 11 is 0. The van der Waals surface area contributed by atoms with Gasteiger partial charge >= 0.3 is 0 Å². The molecule has 0 bridgehead atoms. The van der Waals surface area contributed by atoms with Crippen LogP contribution < -0.4 is 5.32 Å². The summed E-state index contributed by atoms with van der Waals surface area (Å²) < 4.78 is 13.1. The van der Waals surface area contributed by atoms with E-state index in [-0.39, 0.29) is 18.3 Å². The van der Waals surface area contributed by atoms with Crippen molar-refractivity contribution in [3.05, 3.63) is 35.6 Å². The van der Waals surface area contributed by atoms with Crippen molar-refractivity contribution in [1.82, 2.24) is 5.32 Å². The van der Waals surface area contributed by atoms with Crippen molar-refractivity contribution >= 4 is 5.91 Å². The van der Waals surface area contributed by atoms with Crippen LogP contribution in [-0.4, -0.2) is 23.7 Å². The topological polar surface area (TPSA) is 49.3 Å². The van der Waals surface area contributed by atoms with Gasteiger partial charge in [-0.1, -0.05) is 25.0 Å². The number of amides is 1. The second-order valence-corrected chi connectivity index (χ2v) is 5.63. The highest BCUT2D eigenvalue weighted by Crippen LogP contribution is 2.27. The van der Waals surface area contributed by atoms with E-state index in [9.17, 15) is 14.3 Å². The van der Waals surface area contributed by atoms with Crippen molar-refractivity contribution < 1.29 is 14.3 Å². The van der Waals surface area contributed by atoms with Crippen LogP contribution in [-0.2, 0) is 4.79 Å². The third kappa shape index (κ3) is 3.79. The summed E-state index contributed by atoms with van der Waals surface area (Å²) in [5.41, 5.74) is 0.651. The minimum atomic E-state index is -0.471. The second kappa shape index (κ2) is 6.84. The number of aliphatic hydroxyl groups excluding tert-OH is 1. The highest BCUT2D eigenvalue weighted by Gasteiger charge is 2.24. The molecule has 2 N–H and O–H groups in total. The van der Waals surface area contributed by atoms with Crippen LogP contribution in [0.15, 0.2) is 24.3 Å². The van der Waals surface area contributed by atoms with E-state index in [4.69, 9.17) is 0 Å². The van der Waals surface area contributed by atoms with Gasteiger partial charge in [0.1, 0.15) is 5.82 Å². The predicted octanol–water partition coefficient (Wildman–Crippen LogP) is 2.60. The molecule has 1 aliphatic carbocycles. The van der Waals surface area contributed by atoms with E-state index in [1.54, 1.807) is 19.1 Å². The number of benzene rings is 1. The van der Waals surface area contributed by atoms with Gasteiger partial charge in [0.2, 0.25) is 5.91 Å². The minimum absolute atomic E-state index is 0.173. The fraction of sp³-hybridized carbons (Fsp3) is 0.562. The lowest BCUT2D eigenvalue weighted by atomic mass is 9.98. The van der Waals surface area contributed by atoms with Crippen LogP contribution in [0.3, 0.4) is 0 Å². The van der Waals surface area contributed by atoms with Crippen LogP contribution in [0, 0.1) is 11.7 Å². The van der Waals surface area contributed by atoms with E-state index in [1.807, 2.05) is 0 Å². The lowest BCUT2D eigenvalue weighted by Gasteiger charge is -2.19. The van der Waals surface area contributed by atoms with Gasteiger partial charge in [-0.25, -0.2) is 4.39 Å². The quantitative estimate of drug-likeness (QED) is 0.870. The number of hydrogen-bond acceptors (Lipinski definition) is 2. The summed E-state index contributed by atoms with van der Waals surface area (Å²) in [4.78, 5) is 12.0. The highest BCUT2D eigenvalue weighted by molar-refractivity contribution is 5.83. The summed E-state index contributed by atoms with van der Waals surface area (Å²) in [7, 11) is 0. The van der Waals surface area contributed by atoms with Gasteiger partial charge in [-0.3, -0.25) is 4.79 Å². The molecule has 0 heterocycles. The molecule has 1 aromatic carbocycles. The van der Waals surface area contributed by atoms with Crippen molar-refractivity contribution in [2.45, 2.75) is 44.6 Å². The summed E-state index contributed by atoms with van der Waals surface area (Å²) in [5.74, 6) is -0.623. The monoisotopic (exact) mass is 279 g/mol. The molecule has 110 valence electrons. The molecule has 1 saturated carbocycles. The second-order valence-electron chi connectivity index (χ2n) is 5.63. The largest absolute Gasteiger partial charge is 0.391 e. The molecule has 3 nitrogen and oxygen atoms in total. The lowest BCUT2D eigenvalue weighted by molar-refractivity contribution is -0.122. The first-order valence-corrected chi connectivity index (χ1v) is 7.29. The van der Waals surface area contributed by atoms with E-state index in [0.29, 0.717) is 11.5 Å². The molecule has 1 aliphatic rings. The normalized spacial score (nSPS) is 18.8. The number of nitrogens with one attached hydrogen (secondary N) is 1. The van der Waals surface area contributed by atoms with Gasteiger partial charge in [0.05, 0.1) is 12.0 Å². The Morgan fingerprint density at radius 1 is 1.45 bits per heavy atom. The molecular formula is C16H22FNO2. The van der Waals surface area contributed by atoms with Gasteiger partial charge in [-0.2, -0.15) is 0 Å². The molecule has 0 radical (unpaired) electrons. The first-order chi connectivity index (χ1) is 9.58. The summed E-state index contributed by atoms with van der Waals surface area (Å²) in [5, 5.41) is 12.8. The fourth-order valence-electron chi connectivity index (χ4n) is 2.79. The van der Waals surface area contributed by atoms with E-state index in [1.165, 1.54) is 12.1 Å². The van der Waals surface area contributed by atoms with Gasteiger partial charge < -0.3 is 10.4 Å². The Balaban J connectivity index is 1.84. The Kier molecular flexibility index (Phi) is 5.12. The molecular weight excluding hydrogens is 257 g/mol. The molecule has 2 unspecified atom stereocenters. The van der Waals surface area contributed by atoms with Gasteiger partial charge in [-0.05, 0) is 43.4 Å². The maximum Gasteiger partial charge on any atom is 0.227 e. The zero-order valence-electron chi connectivity index (χ0n) is 11.8. The molecule has 4 heteroatoms. The number of aliphatic hydroxyl groups is 1. The molecule has 2 atom stereocenters. The average Bonchev–Trinajstić information content (AvgIpc) is 2.97. The predicted molar refractivity (Wildman–Crippen MR) is 75.8 cm³/mol. The fourth-order valence-corrected chi connectivity index (χ4v) is 2.79. The molecule has 0 aromatic heterocycles. The Morgan fingerprint density at radius 3 is 2.80 bits per heavy atom. The van der Waals surface area contributed by atoms with Crippen LogP contribution in [0.1, 0.15) is 44.1 Å². The maximum atomic E-state index is 13.1. The molecule has 1 aromatic rings. The smallest absolute Gasteiger partial charge is 0.227 e. The summed E-state index contributed by atoms with van der Waals surface area (Å²) in [6.07, 6.45) is 3.93. The lowest BCUT2D eigenvalue weighted by Crippen LogP contribution is -2.37. The van der Waals surface area contributed by atoms with Crippen LogP contribution >= 0.6 is 0 Å². The van der Waals surface area contributed by atoms with Crippen molar-refractivity contribution in [2.75, 3.05) is 6.54 Å². The van der Waals surface area contributed by atoms with Crippen LogP contribution in [0.4, 0.5) is 4.39 Å². The third-order valence-corrected chi connectivity index (χ3v) is 4.17. The molecule has 20 heavy (non-hydrogen) atoms. The standard InChI is InChI=1S/C16H22FNO2/c1-11(13-7-4-8-14(17)9-13)16(20)18-10-15(19)12-5-2-3-6-12/h4,7-9,11-12,15,19H,2-3,5-6,10H2,1H3,(H,18,20). The highest BCUT2D eigenvalue weighted by atomic mass is 19.1. The SMILES string of the molecule is CC(C(=O)NCC(O)C1CCCC1)c1cccc(F)c1. The number of rotatable bonds is 5. The maximum absolute atomic E-state index is 13.1. The van der Waals surface area contributed by atoms with Crippen LogP contribution in [0.5, 0.6) is 0 Å². The number of halogens is 1. The molecule has 0 spiro atoms. The Labute approximate surface area is 119 Å². The van der Waals surface area contributed by atoms with Crippen molar-refractivity contribution in [3.63, 3.8) is 0 Å². The van der Waals surface area contributed by atoms with Crippen LogP contribution in [0.2, 0.25) is 0 Å². The summed E-state index contributed by atoms with van der Waals surface area (Å²) in [6, 6.07) is 6.07. The van der Waals surface area contributed by atoms with E-state index in [2.05, 4.69) is 5.32 Å². The number of hydrogen-bond donors (Lipinski definition) is 2. The van der Waals surface area contributed by atoms with E-state index in [0.717, 1.165) is 25.7 Å². The zero-order valence-corrected chi connectivity index (χ0v) is 11.8. The Bertz CT molecular complexity index is 458. The Morgan fingerprint density at radius 2 is 2.15 bits per heavy atom. The summed E-state index contributed by atoms with van der Waals surface area (Å²) in [6.45, 7) is 2.02. The van der Waals surface area contributed by atoms with E-state index < -0.39 is 12.0 Å². The number of carbonyl (C=O) groups is 1. The first-order valence-electron chi connectivity index (χ1n) is 7.29. The average molecular weight is 279 g/mol. The molecule has 2 rings (SSSR count). The van der Waals surface area contributed by atoms with E-state index >= 15 is 0 Å². The van der Waals surface area contributed by atoms with Crippen molar-refractivity contribution in [1.29, 1.82) is 0 Å². The third-order valence-electron chi connectivity index (χ3n) is 4.17. The molecule has 1 fully saturated rings. The first kappa shape index (κ1) is 15.0. The van der Waals surface area contributed by atoms with Crippen molar-refractivity contribution in [2.24, 2.45) is 5.92 Å². The number of carbonyl (C=O) groups excluding carboxylic acids is 1. The van der Waals surface area contributed by atoms with Gasteiger partial charge in [0, 0.05) is 6.54 Å². The Hall–Kier alpha value is -1.42. The molecule has 1 amide bonds. The zero-order chi connectivity index (χ0) is 14.5. The van der Waals surface area contributed by atoms with Crippen molar-refractivity contribution in [3.8, 4) is 0 Å².